The van der Waals surface area contributed by atoms with E-state index in [1.165, 1.54) is 11.1 Å². The van der Waals surface area contributed by atoms with Gasteiger partial charge in [0.2, 0.25) is 0 Å². The van der Waals surface area contributed by atoms with Crippen molar-refractivity contribution in [2.45, 2.75) is 40.0 Å². The monoisotopic (exact) mass is 232 g/mol. The number of ketones is 1. The minimum Gasteiger partial charge on any atom is -0.395 e. The summed E-state index contributed by atoms with van der Waals surface area (Å²) in [6.45, 7) is 6.09. The van der Waals surface area contributed by atoms with Crippen molar-refractivity contribution in [1.29, 1.82) is 0 Å². The molecule has 1 aromatic carbocycles. The van der Waals surface area contributed by atoms with E-state index < -0.39 is 5.41 Å². The number of Topliss-reactive ketones (excluding diaryl/α,β-unsaturated/α-hetero) is 1. The van der Waals surface area contributed by atoms with Crippen molar-refractivity contribution in [3.63, 3.8) is 0 Å². The van der Waals surface area contributed by atoms with Gasteiger partial charge in [-0.1, -0.05) is 18.6 Å². The molecule has 17 heavy (non-hydrogen) atoms. The minimum atomic E-state index is -0.480. The van der Waals surface area contributed by atoms with Crippen LogP contribution in [0, 0.1) is 26.2 Å². The number of aryl methyl sites for hydroxylation is 1. The Morgan fingerprint density at radius 3 is 2.35 bits per heavy atom. The SMILES string of the molecule is Cc1ccc(C(=O)C2(CO)CCC2)c(C)c1C. The fourth-order valence-corrected chi connectivity index (χ4v) is 2.55. The zero-order valence-electron chi connectivity index (χ0n) is 10.8. The molecule has 0 bridgehead atoms. The topological polar surface area (TPSA) is 37.3 Å². The molecule has 2 rings (SSSR count). The zero-order chi connectivity index (χ0) is 12.6. The van der Waals surface area contributed by atoms with Crippen molar-refractivity contribution < 1.29 is 9.90 Å². The van der Waals surface area contributed by atoms with E-state index >= 15 is 0 Å². The summed E-state index contributed by atoms with van der Waals surface area (Å²) in [7, 11) is 0. The maximum absolute atomic E-state index is 12.5. The molecule has 0 saturated heterocycles. The number of rotatable bonds is 3. The maximum Gasteiger partial charge on any atom is 0.171 e. The fourth-order valence-electron chi connectivity index (χ4n) is 2.55. The summed E-state index contributed by atoms with van der Waals surface area (Å²) < 4.78 is 0. The molecule has 0 heterocycles. The molecule has 0 radical (unpaired) electrons. The molecule has 1 aliphatic carbocycles. The van der Waals surface area contributed by atoms with Crippen LogP contribution < -0.4 is 0 Å². The van der Waals surface area contributed by atoms with E-state index in [4.69, 9.17) is 0 Å². The first-order valence-electron chi connectivity index (χ1n) is 6.24. The highest BCUT2D eigenvalue weighted by Gasteiger charge is 2.44. The van der Waals surface area contributed by atoms with Gasteiger partial charge in [-0.2, -0.15) is 0 Å². The molecule has 0 unspecified atom stereocenters. The number of hydrogen-bond acceptors (Lipinski definition) is 2. The van der Waals surface area contributed by atoms with Gasteiger partial charge in [-0.05, 0) is 50.3 Å². The Morgan fingerprint density at radius 2 is 1.88 bits per heavy atom. The van der Waals surface area contributed by atoms with Gasteiger partial charge in [0, 0.05) is 5.56 Å². The first-order valence-corrected chi connectivity index (χ1v) is 6.24. The van der Waals surface area contributed by atoms with Gasteiger partial charge in [0.15, 0.2) is 5.78 Å². The van der Waals surface area contributed by atoms with Gasteiger partial charge in [-0.3, -0.25) is 4.79 Å². The van der Waals surface area contributed by atoms with Crippen LogP contribution in [0.3, 0.4) is 0 Å². The van der Waals surface area contributed by atoms with E-state index in [-0.39, 0.29) is 12.4 Å². The molecule has 2 heteroatoms. The van der Waals surface area contributed by atoms with E-state index in [0.717, 1.165) is 30.4 Å². The lowest BCUT2D eigenvalue weighted by molar-refractivity contribution is 0.0347. The minimum absolute atomic E-state index is 0.0157. The number of hydrogen-bond donors (Lipinski definition) is 1. The lowest BCUT2D eigenvalue weighted by Gasteiger charge is -2.39. The number of benzene rings is 1. The maximum atomic E-state index is 12.5. The van der Waals surface area contributed by atoms with E-state index in [9.17, 15) is 9.90 Å². The van der Waals surface area contributed by atoms with Gasteiger partial charge in [0.05, 0.1) is 12.0 Å². The Balaban J connectivity index is 2.41. The summed E-state index contributed by atoms with van der Waals surface area (Å²) >= 11 is 0. The highest BCUT2D eigenvalue weighted by molar-refractivity contribution is 6.02. The first-order chi connectivity index (χ1) is 8.02. The third-order valence-corrected chi connectivity index (χ3v) is 4.40. The average molecular weight is 232 g/mol. The number of carbonyl (C=O) groups excluding carboxylic acids is 1. The molecule has 1 N–H and O–H groups in total. The standard InChI is InChI=1S/C15H20O2/c1-10-5-6-13(12(3)11(10)2)14(17)15(9-16)7-4-8-15/h5-6,16H,4,7-9H2,1-3H3. The van der Waals surface area contributed by atoms with Crippen molar-refractivity contribution in [1.82, 2.24) is 0 Å². The van der Waals surface area contributed by atoms with Crippen LogP contribution in [0.25, 0.3) is 0 Å². The smallest absolute Gasteiger partial charge is 0.171 e. The summed E-state index contributed by atoms with van der Waals surface area (Å²) in [5.74, 6) is 0.131. The van der Waals surface area contributed by atoms with Crippen LogP contribution in [0.15, 0.2) is 12.1 Å². The van der Waals surface area contributed by atoms with E-state index in [1.54, 1.807) is 0 Å². The molecular weight excluding hydrogens is 212 g/mol. The van der Waals surface area contributed by atoms with Crippen LogP contribution in [0.4, 0.5) is 0 Å². The summed E-state index contributed by atoms with van der Waals surface area (Å²) in [5.41, 5.74) is 3.78. The Labute approximate surface area is 103 Å². The van der Waals surface area contributed by atoms with Gasteiger partial charge in [-0.25, -0.2) is 0 Å². The van der Waals surface area contributed by atoms with E-state index in [0.29, 0.717) is 0 Å². The second-order valence-corrected chi connectivity index (χ2v) is 5.30. The third-order valence-electron chi connectivity index (χ3n) is 4.40. The molecule has 2 nitrogen and oxygen atoms in total. The van der Waals surface area contributed by atoms with Crippen molar-refractivity contribution in [3.8, 4) is 0 Å². The van der Waals surface area contributed by atoms with Crippen LogP contribution in [0.1, 0.15) is 46.3 Å². The molecule has 92 valence electrons. The molecule has 1 fully saturated rings. The average Bonchev–Trinajstić information content (AvgIpc) is 2.25. The molecular formula is C15H20O2. The Hall–Kier alpha value is -1.15. The predicted molar refractivity (Wildman–Crippen MR) is 68.4 cm³/mol. The number of aliphatic hydroxyl groups excluding tert-OH is 1. The van der Waals surface area contributed by atoms with Gasteiger partial charge in [-0.15, -0.1) is 0 Å². The third kappa shape index (κ3) is 1.81. The molecule has 0 atom stereocenters. The first kappa shape index (κ1) is 12.3. The molecule has 1 aromatic rings. The highest BCUT2D eigenvalue weighted by atomic mass is 16.3. The Bertz CT molecular complexity index is 451. The largest absolute Gasteiger partial charge is 0.395 e. The Kier molecular flexibility index (Phi) is 3.09. The van der Waals surface area contributed by atoms with Gasteiger partial charge in [0.1, 0.15) is 0 Å². The van der Waals surface area contributed by atoms with Gasteiger partial charge < -0.3 is 5.11 Å². The summed E-state index contributed by atoms with van der Waals surface area (Å²) in [6, 6.07) is 3.91. The van der Waals surface area contributed by atoms with Crippen LogP contribution in [-0.4, -0.2) is 17.5 Å². The van der Waals surface area contributed by atoms with Crippen molar-refractivity contribution in [2.75, 3.05) is 6.61 Å². The second-order valence-electron chi connectivity index (χ2n) is 5.30. The second kappa shape index (κ2) is 4.26. The van der Waals surface area contributed by atoms with Crippen molar-refractivity contribution >= 4 is 5.78 Å². The zero-order valence-corrected chi connectivity index (χ0v) is 10.8. The quantitative estimate of drug-likeness (QED) is 0.813. The normalized spacial score (nSPS) is 17.6. The van der Waals surface area contributed by atoms with Crippen molar-refractivity contribution in [2.24, 2.45) is 5.41 Å². The van der Waals surface area contributed by atoms with Crippen molar-refractivity contribution in [3.05, 3.63) is 34.4 Å². The Morgan fingerprint density at radius 1 is 1.24 bits per heavy atom. The van der Waals surface area contributed by atoms with Crippen LogP contribution in [0.5, 0.6) is 0 Å². The molecule has 0 spiro atoms. The molecule has 0 aromatic heterocycles. The van der Waals surface area contributed by atoms with E-state index in [1.807, 2.05) is 26.0 Å². The lowest BCUT2D eigenvalue weighted by atomic mass is 9.64. The molecule has 0 aliphatic heterocycles. The summed E-state index contributed by atoms with van der Waals surface area (Å²) in [6.07, 6.45) is 2.71. The molecule has 1 aliphatic rings. The van der Waals surface area contributed by atoms with Gasteiger partial charge in [0.25, 0.3) is 0 Å². The van der Waals surface area contributed by atoms with Crippen LogP contribution in [-0.2, 0) is 0 Å². The fraction of sp³-hybridized carbons (Fsp3) is 0.533. The lowest BCUT2D eigenvalue weighted by Crippen LogP contribution is -2.41. The molecule has 1 saturated carbocycles. The van der Waals surface area contributed by atoms with E-state index in [2.05, 4.69) is 6.92 Å². The number of carbonyl (C=O) groups is 1. The summed E-state index contributed by atoms with van der Waals surface area (Å²) in [4.78, 5) is 12.5. The summed E-state index contributed by atoms with van der Waals surface area (Å²) in [5, 5.41) is 9.46. The van der Waals surface area contributed by atoms with Crippen LogP contribution >= 0.6 is 0 Å². The van der Waals surface area contributed by atoms with Crippen LogP contribution in [0.2, 0.25) is 0 Å². The van der Waals surface area contributed by atoms with Gasteiger partial charge >= 0.3 is 0 Å². The number of aliphatic hydroxyl groups is 1. The highest BCUT2D eigenvalue weighted by Crippen LogP contribution is 2.43. The predicted octanol–water partition coefficient (Wildman–Crippen LogP) is 2.96. The molecule has 0 amide bonds.